The number of carbonyl (C=O) groups excluding carboxylic acids is 1. The lowest BCUT2D eigenvalue weighted by atomic mass is 10.0. The molecule has 37 heavy (non-hydrogen) atoms. The molecule has 190 valence electrons. The average Bonchev–Trinajstić information content (AvgIpc) is 2.87. The van der Waals surface area contributed by atoms with Crippen LogP contribution < -0.4 is 15.8 Å². The molecule has 1 aliphatic heterocycles. The third-order valence-electron chi connectivity index (χ3n) is 6.57. The van der Waals surface area contributed by atoms with Gasteiger partial charge in [-0.2, -0.15) is 5.26 Å². The zero-order valence-corrected chi connectivity index (χ0v) is 20.9. The van der Waals surface area contributed by atoms with Crippen LogP contribution in [0.5, 0.6) is 11.5 Å². The van der Waals surface area contributed by atoms with Crippen molar-refractivity contribution in [2.75, 3.05) is 18.4 Å². The van der Waals surface area contributed by atoms with Gasteiger partial charge in [0.2, 0.25) is 5.91 Å². The van der Waals surface area contributed by atoms with E-state index >= 15 is 0 Å². The Kier molecular flexibility index (Phi) is 7.70. The zero-order valence-electron chi connectivity index (χ0n) is 20.9. The van der Waals surface area contributed by atoms with E-state index in [-0.39, 0.29) is 11.7 Å². The summed E-state index contributed by atoms with van der Waals surface area (Å²) in [4.78, 5) is 24.9. The van der Waals surface area contributed by atoms with Crippen molar-refractivity contribution in [2.45, 2.75) is 39.3 Å². The lowest BCUT2D eigenvalue weighted by Gasteiger charge is -2.32. The number of anilines is 1. The largest absolute Gasteiger partial charge is 0.457 e. The van der Waals surface area contributed by atoms with Crippen molar-refractivity contribution in [3.05, 3.63) is 92.5 Å². The van der Waals surface area contributed by atoms with Crippen molar-refractivity contribution in [1.82, 2.24) is 4.90 Å². The first-order valence-electron chi connectivity index (χ1n) is 12.1. The molecule has 0 spiro atoms. The molecule has 0 radical (unpaired) electrons. The fourth-order valence-corrected chi connectivity index (χ4v) is 4.64. The van der Waals surface area contributed by atoms with Crippen LogP contribution >= 0.6 is 0 Å². The van der Waals surface area contributed by atoms with E-state index in [1.165, 1.54) is 6.07 Å². The first-order chi connectivity index (χ1) is 17.7. The van der Waals surface area contributed by atoms with Gasteiger partial charge in [0.05, 0.1) is 16.6 Å². The Balaban J connectivity index is 1.42. The molecule has 1 heterocycles. The Bertz CT molecular complexity index is 1330. The number of nitrogens with two attached hydrogens (primary N) is 1. The molecule has 3 N–H and O–H groups in total. The summed E-state index contributed by atoms with van der Waals surface area (Å²) in [5, 5.41) is 24.2. The molecule has 0 unspecified atom stereocenters. The number of hydrogen-bond donors (Lipinski definition) is 2. The van der Waals surface area contributed by atoms with Crippen molar-refractivity contribution in [3.8, 4) is 17.6 Å². The van der Waals surface area contributed by atoms with Gasteiger partial charge in [0.25, 0.3) is 5.69 Å². The number of nitrogens with one attached hydrogen (secondary N) is 1. The van der Waals surface area contributed by atoms with Gasteiger partial charge in [-0.15, -0.1) is 0 Å². The van der Waals surface area contributed by atoms with E-state index in [1.807, 2.05) is 26.0 Å². The van der Waals surface area contributed by atoms with Crippen LogP contribution in [0.3, 0.4) is 0 Å². The van der Waals surface area contributed by atoms with Crippen LogP contribution in [0.25, 0.3) is 0 Å². The number of piperidine rings is 1. The van der Waals surface area contributed by atoms with Gasteiger partial charge in [-0.1, -0.05) is 12.1 Å². The van der Waals surface area contributed by atoms with E-state index in [4.69, 9.17) is 10.5 Å². The number of ether oxygens (including phenoxy) is 1. The molecule has 4 rings (SSSR count). The van der Waals surface area contributed by atoms with Gasteiger partial charge in [-0.05, 0) is 73.7 Å². The van der Waals surface area contributed by atoms with Gasteiger partial charge in [-0.3, -0.25) is 19.8 Å². The number of nitro groups is 1. The van der Waals surface area contributed by atoms with E-state index in [2.05, 4.69) is 16.3 Å². The normalized spacial score (nSPS) is 14.1. The molecule has 0 aliphatic carbocycles. The molecule has 3 aromatic rings. The lowest BCUT2D eigenvalue weighted by molar-refractivity contribution is -0.384. The fraction of sp³-hybridized carbons (Fsp3) is 0.286. The Morgan fingerprint density at radius 2 is 1.78 bits per heavy atom. The molecular weight excluding hydrogens is 470 g/mol. The topological polar surface area (TPSA) is 135 Å². The number of nitro benzene ring substituents is 1. The number of aryl methyl sites for hydroxylation is 2. The number of likely N-dealkylation sites (tertiary alicyclic amines) is 1. The van der Waals surface area contributed by atoms with Gasteiger partial charge in [0, 0.05) is 43.4 Å². The molecule has 1 amide bonds. The maximum Gasteiger partial charge on any atom is 0.292 e. The van der Waals surface area contributed by atoms with Crippen LogP contribution in [0.4, 0.5) is 11.4 Å². The second-order valence-corrected chi connectivity index (χ2v) is 9.35. The minimum atomic E-state index is -0.441. The highest BCUT2D eigenvalue weighted by atomic mass is 16.6. The number of hydrogen-bond acceptors (Lipinski definition) is 7. The summed E-state index contributed by atoms with van der Waals surface area (Å²) in [6.45, 7) is 6.17. The van der Waals surface area contributed by atoms with Gasteiger partial charge in [0.15, 0.2) is 0 Å². The van der Waals surface area contributed by atoms with E-state index in [1.54, 1.807) is 36.4 Å². The van der Waals surface area contributed by atoms with E-state index in [0.717, 1.165) is 49.2 Å². The van der Waals surface area contributed by atoms with Crippen LogP contribution in [0, 0.1) is 35.3 Å². The minimum Gasteiger partial charge on any atom is -0.457 e. The number of rotatable bonds is 8. The maximum atomic E-state index is 11.7. The second-order valence-electron chi connectivity index (χ2n) is 9.35. The molecule has 1 saturated heterocycles. The first-order valence-corrected chi connectivity index (χ1v) is 12.1. The summed E-state index contributed by atoms with van der Waals surface area (Å²) >= 11 is 0. The van der Waals surface area contributed by atoms with Crippen molar-refractivity contribution in [3.63, 3.8) is 0 Å². The number of carbonyl (C=O) groups is 1. The molecule has 3 aromatic carbocycles. The zero-order chi connectivity index (χ0) is 26.5. The molecule has 9 heteroatoms. The highest BCUT2D eigenvalue weighted by Crippen LogP contribution is 2.35. The number of amides is 1. The second kappa shape index (κ2) is 11.1. The molecule has 0 saturated carbocycles. The highest BCUT2D eigenvalue weighted by molar-refractivity contribution is 5.92. The predicted molar refractivity (Wildman–Crippen MR) is 141 cm³/mol. The molecule has 0 bridgehead atoms. The van der Waals surface area contributed by atoms with Crippen LogP contribution in [-0.2, 0) is 6.54 Å². The van der Waals surface area contributed by atoms with Crippen LogP contribution in [-0.4, -0.2) is 34.9 Å². The predicted octanol–water partition coefficient (Wildman–Crippen LogP) is 5.05. The van der Waals surface area contributed by atoms with Crippen LogP contribution in [0.15, 0.2) is 54.6 Å². The smallest absolute Gasteiger partial charge is 0.292 e. The standard InChI is InChI=1S/C28H29N5O4/c1-18-13-21(16-29)14-19(2)27(18)37-24-7-8-26(33(35)36)25(15-24)31-23-9-11-32(12-10-23)17-20-3-5-22(6-4-20)28(30)34/h3-8,13-15,23,31H,9-12,17H2,1-2H3,(H2,30,34). The Labute approximate surface area is 215 Å². The highest BCUT2D eigenvalue weighted by Gasteiger charge is 2.23. The molecule has 0 aromatic heterocycles. The third-order valence-corrected chi connectivity index (χ3v) is 6.57. The van der Waals surface area contributed by atoms with Gasteiger partial charge in [0.1, 0.15) is 17.2 Å². The summed E-state index contributed by atoms with van der Waals surface area (Å²) in [5.74, 6) is 0.681. The summed E-state index contributed by atoms with van der Waals surface area (Å²) < 4.78 is 6.10. The van der Waals surface area contributed by atoms with E-state index in [0.29, 0.717) is 28.3 Å². The number of primary amides is 1. The average molecular weight is 500 g/mol. The van der Waals surface area contributed by atoms with Crippen molar-refractivity contribution >= 4 is 17.3 Å². The number of benzene rings is 3. The summed E-state index contributed by atoms with van der Waals surface area (Å²) in [6, 6.07) is 17.7. The summed E-state index contributed by atoms with van der Waals surface area (Å²) in [5.41, 5.74) is 9.52. The summed E-state index contributed by atoms with van der Waals surface area (Å²) in [7, 11) is 0. The third kappa shape index (κ3) is 6.23. The molecular formula is C28H29N5O4. The maximum absolute atomic E-state index is 11.7. The molecule has 1 fully saturated rings. The quantitative estimate of drug-likeness (QED) is 0.327. The summed E-state index contributed by atoms with van der Waals surface area (Å²) in [6.07, 6.45) is 1.66. The van der Waals surface area contributed by atoms with Crippen LogP contribution in [0.2, 0.25) is 0 Å². The Hall–Kier alpha value is -4.42. The first kappa shape index (κ1) is 25.7. The van der Waals surface area contributed by atoms with Crippen molar-refractivity contribution in [2.24, 2.45) is 5.73 Å². The van der Waals surface area contributed by atoms with Gasteiger partial charge >= 0.3 is 0 Å². The van der Waals surface area contributed by atoms with Gasteiger partial charge < -0.3 is 15.8 Å². The Morgan fingerprint density at radius 3 is 2.35 bits per heavy atom. The van der Waals surface area contributed by atoms with Crippen molar-refractivity contribution < 1.29 is 14.5 Å². The molecule has 0 atom stereocenters. The number of nitriles is 1. The molecule has 9 nitrogen and oxygen atoms in total. The Morgan fingerprint density at radius 1 is 1.14 bits per heavy atom. The fourth-order valence-electron chi connectivity index (χ4n) is 4.64. The van der Waals surface area contributed by atoms with E-state index in [9.17, 15) is 20.2 Å². The van der Waals surface area contributed by atoms with E-state index < -0.39 is 10.8 Å². The monoisotopic (exact) mass is 499 g/mol. The van der Waals surface area contributed by atoms with Crippen LogP contribution in [0.1, 0.15) is 45.5 Å². The minimum absolute atomic E-state index is 0.00223. The SMILES string of the molecule is Cc1cc(C#N)cc(C)c1Oc1ccc([N+](=O)[O-])c(NC2CCN(Cc3ccc(C(N)=O)cc3)CC2)c1. The van der Waals surface area contributed by atoms with Crippen molar-refractivity contribution in [1.29, 1.82) is 5.26 Å². The number of nitrogens with zero attached hydrogens (tertiary/aromatic N) is 3. The van der Waals surface area contributed by atoms with Gasteiger partial charge in [-0.25, -0.2) is 0 Å². The molecule has 1 aliphatic rings. The lowest BCUT2D eigenvalue weighted by Crippen LogP contribution is -2.38.